The average molecular weight is 440 g/mol. The minimum Gasteiger partial charge on any atom is -0.385 e. The zero-order chi connectivity index (χ0) is 22.2. The fraction of sp³-hybridized carbons (Fsp3) is 0.500. The maximum Gasteiger partial charge on any atom is 0.173 e. The van der Waals surface area contributed by atoms with Crippen molar-refractivity contribution in [1.29, 1.82) is 0 Å². The molecule has 1 N–H and O–H groups in total. The largest absolute Gasteiger partial charge is 0.385 e. The molecule has 0 atom stereocenters. The molecule has 0 bridgehead atoms. The predicted molar refractivity (Wildman–Crippen MR) is 136 cm³/mol. The molecular weight excluding hydrogens is 402 g/mol. The van der Waals surface area contributed by atoms with E-state index in [2.05, 4.69) is 72.3 Å². The van der Waals surface area contributed by atoms with Crippen molar-refractivity contribution in [1.82, 2.24) is 4.90 Å². The monoisotopic (exact) mass is 439 g/mol. The number of hydrogen-bond donors (Lipinski definition) is 1. The van der Waals surface area contributed by atoms with Crippen LogP contribution in [-0.4, -0.2) is 43.4 Å². The summed E-state index contributed by atoms with van der Waals surface area (Å²) >= 11 is 5.85. The van der Waals surface area contributed by atoms with Crippen LogP contribution in [0.25, 0.3) is 0 Å². The van der Waals surface area contributed by atoms with E-state index in [9.17, 15) is 0 Å². The third kappa shape index (κ3) is 6.44. The van der Waals surface area contributed by atoms with E-state index < -0.39 is 0 Å². The number of nitrogens with one attached hydrogen (secondary N) is 1. The Hall–Kier alpha value is -2.11. The van der Waals surface area contributed by atoms with E-state index in [0.717, 1.165) is 49.9 Å². The summed E-state index contributed by atoms with van der Waals surface area (Å²) in [6, 6.07) is 13.4. The molecule has 0 saturated heterocycles. The Labute approximate surface area is 193 Å². The molecule has 1 aliphatic rings. The lowest BCUT2D eigenvalue weighted by Gasteiger charge is -2.32. The molecule has 2 aromatic rings. The number of ether oxygens (including phenoxy) is 1. The van der Waals surface area contributed by atoms with E-state index in [4.69, 9.17) is 17.0 Å². The molecule has 1 aliphatic heterocycles. The zero-order valence-electron chi connectivity index (χ0n) is 19.5. The molecule has 0 aliphatic carbocycles. The highest BCUT2D eigenvalue weighted by molar-refractivity contribution is 7.80. The molecule has 31 heavy (non-hydrogen) atoms. The van der Waals surface area contributed by atoms with Gasteiger partial charge in [-0.25, -0.2) is 0 Å². The fourth-order valence-corrected chi connectivity index (χ4v) is 4.53. The van der Waals surface area contributed by atoms with Gasteiger partial charge in [-0.1, -0.05) is 31.2 Å². The SMILES string of the molecule is CCCN1CCCc2cc(CN(CCCOC)C(=S)Nc3cc(C)ccc3C)ccc21. The van der Waals surface area contributed by atoms with Crippen molar-refractivity contribution in [3.8, 4) is 0 Å². The van der Waals surface area contributed by atoms with Gasteiger partial charge in [0.1, 0.15) is 0 Å². The summed E-state index contributed by atoms with van der Waals surface area (Å²) in [6.07, 6.45) is 4.53. The van der Waals surface area contributed by atoms with Crippen LogP contribution in [0.3, 0.4) is 0 Å². The molecule has 0 unspecified atom stereocenters. The molecule has 0 spiro atoms. The molecule has 3 rings (SSSR count). The Morgan fingerprint density at radius 2 is 2.03 bits per heavy atom. The standard InChI is InChI=1S/C26H37N3OS/c1-5-13-28-14-6-8-23-18-22(11-12-25(23)28)19-29(15-7-16-30-4)26(31)27-24-17-20(2)9-10-21(24)3/h9-12,17-18H,5-8,13-16,19H2,1-4H3,(H,27,31). The summed E-state index contributed by atoms with van der Waals surface area (Å²) in [5.74, 6) is 0. The smallest absolute Gasteiger partial charge is 0.173 e. The number of aryl methyl sites for hydroxylation is 3. The molecule has 2 aromatic carbocycles. The Morgan fingerprint density at radius 3 is 2.81 bits per heavy atom. The van der Waals surface area contributed by atoms with Crippen molar-refractivity contribution >= 4 is 28.7 Å². The van der Waals surface area contributed by atoms with Crippen molar-refractivity contribution in [3.63, 3.8) is 0 Å². The first kappa shape index (κ1) is 23.6. The first-order valence-electron chi connectivity index (χ1n) is 11.5. The number of methoxy groups -OCH3 is 1. The highest BCUT2D eigenvalue weighted by Crippen LogP contribution is 2.29. The third-order valence-electron chi connectivity index (χ3n) is 5.92. The van der Waals surface area contributed by atoms with Crippen LogP contribution in [-0.2, 0) is 17.7 Å². The van der Waals surface area contributed by atoms with Gasteiger partial charge in [-0.15, -0.1) is 0 Å². The minimum absolute atomic E-state index is 0.735. The summed E-state index contributed by atoms with van der Waals surface area (Å²) in [6.45, 7) is 11.2. The number of nitrogens with zero attached hydrogens (tertiary/aromatic N) is 2. The van der Waals surface area contributed by atoms with Crippen LogP contribution < -0.4 is 10.2 Å². The van der Waals surface area contributed by atoms with Gasteiger partial charge in [-0.2, -0.15) is 0 Å². The second kappa shape index (κ2) is 11.5. The van der Waals surface area contributed by atoms with Crippen molar-refractivity contribution < 1.29 is 4.74 Å². The Bertz CT molecular complexity index is 883. The van der Waals surface area contributed by atoms with E-state index in [1.165, 1.54) is 47.3 Å². The fourth-order valence-electron chi connectivity index (χ4n) is 4.27. The van der Waals surface area contributed by atoms with E-state index in [0.29, 0.717) is 0 Å². The van der Waals surface area contributed by atoms with Crippen LogP contribution in [0, 0.1) is 13.8 Å². The van der Waals surface area contributed by atoms with Crippen molar-refractivity contribution in [3.05, 3.63) is 58.7 Å². The summed E-state index contributed by atoms with van der Waals surface area (Å²) in [5.41, 5.74) is 7.73. The minimum atomic E-state index is 0.735. The third-order valence-corrected chi connectivity index (χ3v) is 6.28. The second-order valence-corrected chi connectivity index (χ2v) is 8.96. The Morgan fingerprint density at radius 1 is 1.19 bits per heavy atom. The molecule has 0 radical (unpaired) electrons. The predicted octanol–water partition coefficient (Wildman–Crippen LogP) is 5.70. The van der Waals surface area contributed by atoms with Crippen molar-refractivity contribution in [2.75, 3.05) is 43.6 Å². The second-order valence-electron chi connectivity index (χ2n) is 8.57. The number of thiocarbonyl (C=S) groups is 1. The molecule has 5 heteroatoms. The highest BCUT2D eigenvalue weighted by Gasteiger charge is 2.18. The van der Waals surface area contributed by atoms with Crippen LogP contribution in [0.4, 0.5) is 11.4 Å². The molecule has 0 amide bonds. The number of fused-ring (bicyclic) bond motifs is 1. The summed E-state index contributed by atoms with van der Waals surface area (Å²) in [4.78, 5) is 4.80. The summed E-state index contributed by atoms with van der Waals surface area (Å²) < 4.78 is 5.29. The molecule has 4 nitrogen and oxygen atoms in total. The van der Waals surface area contributed by atoms with E-state index in [-0.39, 0.29) is 0 Å². The molecule has 1 heterocycles. The Kier molecular flexibility index (Phi) is 8.73. The van der Waals surface area contributed by atoms with Gasteiger partial charge in [-0.05, 0) is 86.1 Å². The van der Waals surface area contributed by atoms with E-state index >= 15 is 0 Å². The van der Waals surface area contributed by atoms with Gasteiger partial charge in [0.05, 0.1) is 0 Å². The van der Waals surface area contributed by atoms with Gasteiger partial charge >= 0.3 is 0 Å². The molecule has 0 fully saturated rings. The molecular formula is C26H37N3OS. The average Bonchev–Trinajstić information content (AvgIpc) is 2.76. The van der Waals surface area contributed by atoms with Gasteiger partial charge in [0, 0.05) is 51.3 Å². The lowest BCUT2D eigenvalue weighted by Crippen LogP contribution is -2.36. The van der Waals surface area contributed by atoms with E-state index in [1.807, 2.05) is 0 Å². The molecule has 0 saturated carbocycles. The number of hydrogen-bond acceptors (Lipinski definition) is 3. The number of benzene rings is 2. The van der Waals surface area contributed by atoms with Crippen molar-refractivity contribution in [2.45, 2.75) is 53.0 Å². The molecule has 168 valence electrons. The lowest BCUT2D eigenvalue weighted by molar-refractivity contribution is 0.185. The van der Waals surface area contributed by atoms with E-state index in [1.54, 1.807) is 7.11 Å². The van der Waals surface area contributed by atoms with Crippen LogP contribution in [0.2, 0.25) is 0 Å². The summed E-state index contributed by atoms with van der Waals surface area (Å²) in [5, 5.41) is 4.27. The zero-order valence-corrected chi connectivity index (χ0v) is 20.4. The highest BCUT2D eigenvalue weighted by atomic mass is 32.1. The lowest BCUT2D eigenvalue weighted by atomic mass is 9.99. The van der Waals surface area contributed by atoms with Gasteiger partial charge in [-0.3, -0.25) is 0 Å². The van der Waals surface area contributed by atoms with Gasteiger partial charge in [0.2, 0.25) is 0 Å². The van der Waals surface area contributed by atoms with Crippen LogP contribution in [0.15, 0.2) is 36.4 Å². The topological polar surface area (TPSA) is 27.7 Å². The van der Waals surface area contributed by atoms with Crippen molar-refractivity contribution in [2.24, 2.45) is 0 Å². The van der Waals surface area contributed by atoms with Crippen LogP contribution >= 0.6 is 12.2 Å². The van der Waals surface area contributed by atoms with Crippen LogP contribution in [0.1, 0.15) is 48.4 Å². The quantitative estimate of drug-likeness (QED) is 0.399. The number of rotatable bonds is 9. The first-order valence-corrected chi connectivity index (χ1v) is 11.9. The maximum atomic E-state index is 5.85. The maximum absolute atomic E-state index is 5.85. The van der Waals surface area contributed by atoms with Gasteiger partial charge < -0.3 is 19.9 Å². The van der Waals surface area contributed by atoms with Gasteiger partial charge in [0.25, 0.3) is 0 Å². The molecule has 0 aromatic heterocycles. The first-order chi connectivity index (χ1) is 15.0. The summed E-state index contributed by atoms with van der Waals surface area (Å²) in [7, 11) is 1.75. The van der Waals surface area contributed by atoms with Crippen LogP contribution in [0.5, 0.6) is 0 Å². The Balaban J connectivity index is 1.76. The van der Waals surface area contributed by atoms with Gasteiger partial charge in [0.15, 0.2) is 5.11 Å². The number of anilines is 2. The normalized spacial score (nSPS) is 13.1.